The monoisotopic (exact) mass is 256 g/mol. The highest BCUT2D eigenvalue weighted by atomic mass is 32.2. The van der Waals surface area contributed by atoms with Crippen LogP contribution in [0.15, 0.2) is 24.3 Å². The first-order chi connectivity index (χ1) is 8.12. The van der Waals surface area contributed by atoms with Crippen molar-refractivity contribution in [1.82, 2.24) is 0 Å². The number of ether oxygens (including phenoxy) is 1. The number of hydrogen-bond donors (Lipinski definition) is 1. The van der Waals surface area contributed by atoms with Crippen molar-refractivity contribution in [2.75, 3.05) is 12.4 Å². The van der Waals surface area contributed by atoms with Gasteiger partial charge in [0.25, 0.3) is 0 Å². The maximum absolute atomic E-state index is 11.3. The summed E-state index contributed by atoms with van der Waals surface area (Å²) in [7, 11) is -3.00. The molecule has 0 saturated carbocycles. The zero-order chi connectivity index (χ0) is 12.3. The van der Waals surface area contributed by atoms with Crippen LogP contribution in [0.2, 0.25) is 0 Å². The predicted octanol–water partition coefficient (Wildman–Crippen LogP) is 1.13. The van der Waals surface area contributed by atoms with Gasteiger partial charge >= 0.3 is 0 Å². The number of benzene rings is 1. The standard InChI is InChI=1S/C12H16O4S/c13-8-1-2-10-3-5-11(6-4-10)16-12-7-9-17(12,14)15/h3-6,12-13H,1-2,7-9H2. The normalized spacial score (nSPS) is 21.8. The van der Waals surface area contributed by atoms with Crippen LogP contribution in [0, 0.1) is 0 Å². The minimum absolute atomic E-state index is 0.179. The highest BCUT2D eigenvalue weighted by Crippen LogP contribution is 2.25. The van der Waals surface area contributed by atoms with E-state index in [4.69, 9.17) is 9.84 Å². The Hall–Kier alpha value is -1.07. The largest absolute Gasteiger partial charge is 0.475 e. The molecular formula is C12H16O4S. The van der Waals surface area contributed by atoms with Gasteiger partial charge in [0.2, 0.25) is 0 Å². The molecular weight excluding hydrogens is 240 g/mol. The lowest BCUT2D eigenvalue weighted by Crippen LogP contribution is -2.40. The van der Waals surface area contributed by atoms with Crippen molar-refractivity contribution in [3.8, 4) is 5.75 Å². The molecule has 1 heterocycles. The van der Waals surface area contributed by atoms with Crippen LogP contribution in [-0.2, 0) is 16.3 Å². The molecule has 1 aliphatic rings. The second-order valence-corrected chi connectivity index (χ2v) is 6.43. The summed E-state index contributed by atoms with van der Waals surface area (Å²) in [5.41, 5.74) is 0.452. The molecule has 17 heavy (non-hydrogen) atoms. The minimum Gasteiger partial charge on any atom is -0.475 e. The van der Waals surface area contributed by atoms with Crippen LogP contribution < -0.4 is 4.74 Å². The topological polar surface area (TPSA) is 63.6 Å². The van der Waals surface area contributed by atoms with Crippen LogP contribution in [-0.4, -0.2) is 31.3 Å². The Bertz CT molecular complexity index is 464. The van der Waals surface area contributed by atoms with Gasteiger partial charge in [0, 0.05) is 13.0 Å². The molecule has 0 aliphatic carbocycles. The fraction of sp³-hybridized carbons (Fsp3) is 0.500. The van der Waals surface area contributed by atoms with Crippen molar-refractivity contribution in [2.45, 2.75) is 24.7 Å². The Morgan fingerprint density at radius 2 is 2.00 bits per heavy atom. The first-order valence-electron chi connectivity index (χ1n) is 5.70. The third-order valence-electron chi connectivity index (χ3n) is 2.85. The van der Waals surface area contributed by atoms with E-state index in [2.05, 4.69) is 0 Å². The summed E-state index contributed by atoms with van der Waals surface area (Å²) < 4.78 is 27.9. The minimum atomic E-state index is -3.00. The van der Waals surface area contributed by atoms with E-state index in [1.54, 1.807) is 12.1 Å². The number of hydrogen-bond acceptors (Lipinski definition) is 4. The van der Waals surface area contributed by atoms with Gasteiger partial charge in [-0.15, -0.1) is 0 Å². The Kier molecular flexibility index (Phi) is 3.69. The molecule has 1 saturated heterocycles. The van der Waals surface area contributed by atoms with E-state index in [1.807, 2.05) is 12.1 Å². The Labute approximate surface area is 101 Å². The molecule has 1 N–H and O–H groups in total. The lowest BCUT2D eigenvalue weighted by atomic mass is 10.1. The molecule has 4 nitrogen and oxygen atoms in total. The molecule has 1 aromatic carbocycles. The van der Waals surface area contributed by atoms with Crippen molar-refractivity contribution in [1.29, 1.82) is 0 Å². The zero-order valence-electron chi connectivity index (χ0n) is 9.50. The summed E-state index contributed by atoms with van der Waals surface area (Å²) in [6.07, 6.45) is 2.13. The van der Waals surface area contributed by atoms with Crippen LogP contribution in [0.5, 0.6) is 5.75 Å². The molecule has 0 amide bonds. The third-order valence-corrected chi connectivity index (χ3v) is 4.79. The second kappa shape index (κ2) is 5.06. The summed E-state index contributed by atoms with van der Waals surface area (Å²) in [6.45, 7) is 0.179. The third kappa shape index (κ3) is 2.98. The summed E-state index contributed by atoms with van der Waals surface area (Å²) in [4.78, 5) is 0. The Morgan fingerprint density at radius 1 is 1.29 bits per heavy atom. The Morgan fingerprint density at radius 3 is 2.47 bits per heavy atom. The fourth-order valence-electron chi connectivity index (χ4n) is 1.71. The van der Waals surface area contributed by atoms with Gasteiger partial charge in [0.05, 0.1) is 5.75 Å². The van der Waals surface area contributed by atoms with Gasteiger partial charge in [-0.3, -0.25) is 0 Å². The van der Waals surface area contributed by atoms with E-state index in [0.29, 0.717) is 12.2 Å². The molecule has 0 spiro atoms. The van der Waals surface area contributed by atoms with Crippen molar-refractivity contribution in [3.05, 3.63) is 29.8 Å². The molecule has 0 bridgehead atoms. The molecule has 1 unspecified atom stereocenters. The average molecular weight is 256 g/mol. The fourth-order valence-corrected chi connectivity index (χ4v) is 2.78. The summed E-state index contributed by atoms with van der Waals surface area (Å²) in [6, 6.07) is 7.35. The van der Waals surface area contributed by atoms with Crippen molar-refractivity contribution >= 4 is 9.84 Å². The van der Waals surface area contributed by atoms with Crippen molar-refractivity contribution < 1.29 is 18.3 Å². The molecule has 94 valence electrons. The van der Waals surface area contributed by atoms with E-state index >= 15 is 0 Å². The molecule has 1 atom stereocenters. The highest BCUT2D eigenvalue weighted by Gasteiger charge is 2.37. The smallest absolute Gasteiger partial charge is 0.200 e. The highest BCUT2D eigenvalue weighted by molar-refractivity contribution is 7.93. The maximum Gasteiger partial charge on any atom is 0.200 e. The van der Waals surface area contributed by atoms with Gasteiger partial charge in [0.15, 0.2) is 15.3 Å². The quantitative estimate of drug-likeness (QED) is 0.858. The number of aliphatic hydroxyl groups excluding tert-OH is 1. The molecule has 1 aromatic rings. The second-order valence-electron chi connectivity index (χ2n) is 4.17. The lowest BCUT2D eigenvalue weighted by Gasteiger charge is -2.26. The van der Waals surface area contributed by atoms with Crippen LogP contribution in [0.25, 0.3) is 0 Å². The molecule has 0 aromatic heterocycles. The Balaban J connectivity index is 1.94. The molecule has 1 fully saturated rings. The number of aliphatic hydroxyl groups is 1. The number of aryl methyl sites for hydroxylation is 1. The van der Waals surface area contributed by atoms with Crippen molar-refractivity contribution in [2.24, 2.45) is 0 Å². The van der Waals surface area contributed by atoms with Gasteiger partial charge in [-0.25, -0.2) is 8.42 Å². The van der Waals surface area contributed by atoms with Crippen LogP contribution in [0.3, 0.4) is 0 Å². The molecule has 1 aliphatic heterocycles. The van der Waals surface area contributed by atoms with Gasteiger partial charge in [-0.2, -0.15) is 0 Å². The van der Waals surface area contributed by atoms with E-state index < -0.39 is 15.3 Å². The van der Waals surface area contributed by atoms with Crippen molar-refractivity contribution in [3.63, 3.8) is 0 Å². The predicted molar refractivity (Wildman–Crippen MR) is 64.7 cm³/mol. The zero-order valence-corrected chi connectivity index (χ0v) is 10.3. The number of rotatable bonds is 5. The van der Waals surface area contributed by atoms with E-state index in [0.717, 1.165) is 18.4 Å². The van der Waals surface area contributed by atoms with Gasteiger partial charge in [0.1, 0.15) is 5.75 Å². The van der Waals surface area contributed by atoms with Gasteiger partial charge < -0.3 is 9.84 Å². The first kappa shape index (κ1) is 12.4. The van der Waals surface area contributed by atoms with Gasteiger partial charge in [-0.1, -0.05) is 12.1 Å². The van der Waals surface area contributed by atoms with E-state index in [9.17, 15) is 8.42 Å². The van der Waals surface area contributed by atoms with E-state index in [-0.39, 0.29) is 12.4 Å². The first-order valence-corrected chi connectivity index (χ1v) is 7.41. The molecule has 0 radical (unpaired) electrons. The summed E-state index contributed by atoms with van der Waals surface area (Å²) >= 11 is 0. The average Bonchev–Trinajstić information content (AvgIpc) is 2.33. The summed E-state index contributed by atoms with van der Waals surface area (Å²) in [5.74, 6) is 0.817. The number of sulfone groups is 1. The van der Waals surface area contributed by atoms with Crippen LogP contribution in [0.1, 0.15) is 18.4 Å². The van der Waals surface area contributed by atoms with Crippen LogP contribution in [0.4, 0.5) is 0 Å². The SMILES string of the molecule is O=S1(=O)CCC1Oc1ccc(CCCO)cc1. The molecule has 2 rings (SSSR count). The summed E-state index contributed by atoms with van der Waals surface area (Å²) in [5, 5.41) is 8.71. The lowest BCUT2D eigenvalue weighted by molar-refractivity contribution is 0.250. The van der Waals surface area contributed by atoms with Crippen LogP contribution >= 0.6 is 0 Å². The van der Waals surface area contributed by atoms with E-state index in [1.165, 1.54) is 0 Å². The molecule has 5 heteroatoms. The maximum atomic E-state index is 11.3. The van der Waals surface area contributed by atoms with Gasteiger partial charge in [-0.05, 0) is 30.5 Å².